The topological polar surface area (TPSA) is 101 Å². The van der Waals surface area contributed by atoms with Crippen LogP contribution in [0, 0.1) is 0 Å². The smallest absolute Gasteiger partial charge is 0.339 e. The summed E-state index contributed by atoms with van der Waals surface area (Å²) < 4.78 is 32.3. The normalized spacial score (nSPS) is 11.3. The first-order valence-electron chi connectivity index (χ1n) is 6.65. The molecule has 0 amide bonds. The van der Waals surface area contributed by atoms with Gasteiger partial charge in [-0.1, -0.05) is 12.1 Å². The van der Waals surface area contributed by atoms with Crippen LogP contribution in [0.3, 0.4) is 0 Å². The summed E-state index contributed by atoms with van der Waals surface area (Å²) in [4.78, 5) is 18.7. The van der Waals surface area contributed by atoms with Crippen molar-refractivity contribution in [3.8, 4) is 0 Å². The molecular formula is C15H13N3O4S. The zero-order chi connectivity index (χ0) is 16.4. The number of ether oxygens (including phenoxy) is 1. The molecule has 0 aliphatic rings. The molecule has 2 N–H and O–H groups in total. The molecule has 0 saturated carbocycles. The Morgan fingerprint density at radius 1 is 1.22 bits per heavy atom. The molecule has 0 atom stereocenters. The average molecular weight is 331 g/mol. The number of aromatic amines is 1. The number of nitrogens with zero attached hydrogens (tertiary/aromatic N) is 1. The molecular weight excluding hydrogens is 318 g/mol. The number of carbonyl (C=O) groups is 1. The Kier molecular flexibility index (Phi) is 3.75. The SMILES string of the molecule is COC(=O)c1ccccc1NS(=O)(=O)c1c[nH]c2ncccc12. The molecule has 0 spiro atoms. The first kappa shape index (κ1) is 15.0. The number of anilines is 1. The summed E-state index contributed by atoms with van der Waals surface area (Å²) in [6, 6.07) is 9.54. The molecule has 1 aromatic carbocycles. The van der Waals surface area contributed by atoms with Crippen molar-refractivity contribution >= 4 is 32.7 Å². The van der Waals surface area contributed by atoms with E-state index in [1.54, 1.807) is 30.5 Å². The molecule has 0 bridgehead atoms. The van der Waals surface area contributed by atoms with Gasteiger partial charge in [0.25, 0.3) is 10.0 Å². The van der Waals surface area contributed by atoms with Crippen LogP contribution in [0.4, 0.5) is 5.69 Å². The molecule has 0 fully saturated rings. The van der Waals surface area contributed by atoms with E-state index in [2.05, 4.69) is 19.4 Å². The van der Waals surface area contributed by atoms with E-state index in [9.17, 15) is 13.2 Å². The summed E-state index contributed by atoms with van der Waals surface area (Å²) in [6.45, 7) is 0. The quantitative estimate of drug-likeness (QED) is 0.713. The summed E-state index contributed by atoms with van der Waals surface area (Å²) in [5.41, 5.74) is 0.753. The van der Waals surface area contributed by atoms with Crippen LogP contribution < -0.4 is 4.72 Å². The van der Waals surface area contributed by atoms with Crippen molar-refractivity contribution in [3.05, 3.63) is 54.4 Å². The van der Waals surface area contributed by atoms with Crippen molar-refractivity contribution < 1.29 is 17.9 Å². The molecule has 2 heterocycles. The Balaban J connectivity index is 2.04. The summed E-state index contributed by atoms with van der Waals surface area (Å²) in [7, 11) is -2.65. The van der Waals surface area contributed by atoms with Crippen molar-refractivity contribution in [1.82, 2.24) is 9.97 Å². The van der Waals surface area contributed by atoms with Gasteiger partial charge in [0.1, 0.15) is 10.5 Å². The number of esters is 1. The molecule has 3 aromatic rings. The van der Waals surface area contributed by atoms with Crippen LogP contribution in [-0.4, -0.2) is 31.5 Å². The fourth-order valence-electron chi connectivity index (χ4n) is 2.21. The predicted octanol–water partition coefficient (Wildman–Crippen LogP) is 2.15. The molecule has 118 valence electrons. The first-order valence-corrected chi connectivity index (χ1v) is 8.13. The monoisotopic (exact) mass is 331 g/mol. The van der Waals surface area contributed by atoms with Gasteiger partial charge in [-0.2, -0.15) is 0 Å². The molecule has 0 radical (unpaired) electrons. The number of rotatable bonds is 4. The summed E-state index contributed by atoms with van der Waals surface area (Å²) >= 11 is 0. The number of hydrogen-bond donors (Lipinski definition) is 2. The molecule has 8 heteroatoms. The van der Waals surface area contributed by atoms with Crippen molar-refractivity contribution in [2.75, 3.05) is 11.8 Å². The standard InChI is InChI=1S/C15H13N3O4S/c1-22-15(19)10-5-2-3-7-12(10)18-23(20,21)13-9-17-14-11(13)6-4-8-16-14/h2-9,18H,1H3,(H,16,17). The summed E-state index contributed by atoms with van der Waals surface area (Å²) in [5.74, 6) is -0.621. The predicted molar refractivity (Wildman–Crippen MR) is 84.7 cm³/mol. The number of pyridine rings is 1. The number of aromatic nitrogens is 2. The highest BCUT2D eigenvalue weighted by Gasteiger charge is 2.22. The largest absolute Gasteiger partial charge is 0.465 e. The van der Waals surface area contributed by atoms with Gasteiger partial charge in [-0.3, -0.25) is 4.72 Å². The molecule has 2 aromatic heterocycles. The highest BCUT2D eigenvalue weighted by Crippen LogP contribution is 2.25. The number of hydrogen-bond acceptors (Lipinski definition) is 5. The zero-order valence-corrected chi connectivity index (χ0v) is 12.9. The number of H-pyrrole nitrogens is 1. The highest BCUT2D eigenvalue weighted by molar-refractivity contribution is 7.93. The van der Waals surface area contributed by atoms with Crippen LogP contribution in [-0.2, 0) is 14.8 Å². The lowest BCUT2D eigenvalue weighted by Crippen LogP contribution is -2.15. The zero-order valence-electron chi connectivity index (χ0n) is 12.1. The first-order chi connectivity index (χ1) is 11.0. The maximum Gasteiger partial charge on any atom is 0.339 e. The Morgan fingerprint density at radius 2 is 2.00 bits per heavy atom. The van der Waals surface area contributed by atoms with E-state index in [-0.39, 0.29) is 16.1 Å². The van der Waals surface area contributed by atoms with Crippen LogP contribution in [0.25, 0.3) is 11.0 Å². The van der Waals surface area contributed by atoms with E-state index in [1.807, 2.05) is 0 Å². The van der Waals surface area contributed by atoms with Gasteiger partial charge in [-0.05, 0) is 24.3 Å². The molecule has 0 saturated heterocycles. The van der Waals surface area contributed by atoms with Crippen LogP contribution in [0.1, 0.15) is 10.4 Å². The fraction of sp³-hybridized carbons (Fsp3) is 0.0667. The van der Waals surface area contributed by atoms with Crippen molar-refractivity contribution in [2.45, 2.75) is 4.90 Å². The van der Waals surface area contributed by atoms with Crippen molar-refractivity contribution in [3.63, 3.8) is 0 Å². The number of carbonyl (C=O) groups excluding carboxylic acids is 1. The molecule has 0 aliphatic heterocycles. The number of nitrogens with one attached hydrogen (secondary N) is 2. The molecule has 3 rings (SSSR count). The van der Waals surface area contributed by atoms with Crippen molar-refractivity contribution in [1.29, 1.82) is 0 Å². The second-order valence-corrected chi connectivity index (χ2v) is 6.35. The van der Waals surface area contributed by atoms with Gasteiger partial charge in [0.15, 0.2) is 0 Å². The van der Waals surface area contributed by atoms with E-state index < -0.39 is 16.0 Å². The van der Waals surface area contributed by atoms with E-state index in [4.69, 9.17) is 0 Å². The molecule has 7 nitrogen and oxygen atoms in total. The fourth-order valence-corrected chi connectivity index (χ4v) is 3.46. The number of fused-ring (bicyclic) bond motifs is 1. The van der Waals surface area contributed by atoms with Crippen LogP contribution in [0.15, 0.2) is 53.7 Å². The second kappa shape index (κ2) is 5.73. The minimum Gasteiger partial charge on any atom is -0.465 e. The number of sulfonamides is 1. The highest BCUT2D eigenvalue weighted by atomic mass is 32.2. The van der Waals surface area contributed by atoms with E-state index in [0.717, 1.165) is 0 Å². The van der Waals surface area contributed by atoms with E-state index in [0.29, 0.717) is 11.0 Å². The third kappa shape index (κ3) is 2.76. The number of benzene rings is 1. The van der Waals surface area contributed by atoms with Crippen LogP contribution in [0.2, 0.25) is 0 Å². The lowest BCUT2D eigenvalue weighted by atomic mass is 10.2. The summed E-state index contributed by atoms with van der Waals surface area (Å²) in [5, 5.41) is 0.468. The third-order valence-corrected chi connectivity index (χ3v) is 4.68. The Labute approximate surface area is 132 Å². The van der Waals surface area contributed by atoms with Gasteiger partial charge in [0.05, 0.1) is 18.4 Å². The van der Waals surface area contributed by atoms with E-state index >= 15 is 0 Å². The summed E-state index contributed by atoms with van der Waals surface area (Å²) in [6.07, 6.45) is 2.93. The minimum absolute atomic E-state index is 0.0558. The van der Waals surface area contributed by atoms with Crippen LogP contribution >= 0.6 is 0 Å². The van der Waals surface area contributed by atoms with Gasteiger partial charge in [0, 0.05) is 17.8 Å². The Morgan fingerprint density at radius 3 is 2.78 bits per heavy atom. The third-order valence-electron chi connectivity index (χ3n) is 3.28. The molecule has 0 aliphatic carbocycles. The number of methoxy groups -OCH3 is 1. The molecule has 23 heavy (non-hydrogen) atoms. The maximum absolute atomic E-state index is 12.6. The Hall–Kier alpha value is -2.87. The minimum atomic E-state index is -3.89. The van der Waals surface area contributed by atoms with Gasteiger partial charge < -0.3 is 9.72 Å². The second-order valence-electron chi connectivity index (χ2n) is 4.70. The van der Waals surface area contributed by atoms with Gasteiger partial charge >= 0.3 is 5.97 Å². The van der Waals surface area contributed by atoms with Gasteiger partial charge in [-0.25, -0.2) is 18.2 Å². The Bertz CT molecular complexity index is 979. The number of para-hydroxylation sites is 1. The lowest BCUT2D eigenvalue weighted by Gasteiger charge is -2.10. The van der Waals surface area contributed by atoms with Crippen molar-refractivity contribution in [2.24, 2.45) is 0 Å². The van der Waals surface area contributed by atoms with Gasteiger partial charge in [0.2, 0.25) is 0 Å². The van der Waals surface area contributed by atoms with E-state index in [1.165, 1.54) is 25.4 Å². The molecule has 0 unspecified atom stereocenters. The van der Waals surface area contributed by atoms with Gasteiger partial charge in [-0.15, -0.1) is 0 Å². The average Bonchev–Trinajstić information content (AvgIpc) is 2.99. The lowest BCUT2D eigenvalue weighted by molar-refractivity contribution is 0.0602. The maximum atomic E-state index is 12.6. The van der Waals surface area contributed by atoms with Crippen LogP contribution in [0.5, 0.6) is 0 Å².